The summed E-state index contributed by atoms with van der Waals surface area (Å²) >= 11 is 0. The van der Waals surface area contributed by atoms with Gasteiger partial charge in [-0.25, -0.2) is 4.79 Å². The third-order valence-electron chi connectivity index (χ3n) is 3.59. The monoisotopic (exact) mass is 347 g/mol. The molecule has 0 fully saturated rings. The number of carboxylic acid groups (broad SMARTS) is 1. The van der Waals surface area contributed by atoms with E-state index in [1.807, 2.05) is 6.92 Å². The normalized spacial score (nSPS) is 13.9. The lowest BCUT2D eigenvalue weighted by molar-refractivity contribution is -0.274. The summed E-state index contributed by atoms with van der Waals surface area (Å²) < 4.78 is 39.9. The van der Waals surface area contributed by atoms with Gasteiger partial charge in [-0.15, -0.1) is 13.2 Å². The van der Waals surface area contributed by atoms with E-state index in [-0.39, 0.29) is 24.5 Å². The number of rotatable bonds is 8. The molecule has 0 saturated heterocycles. The first-order chi connectivity index (χ1) is 11.1. The molecule has 1 amide bonds. The highest BCUT2D eigenvalue weighted by atomic mass is 19.4. The number of alkyl halides is 3. The second-order valence-corrected chi connectivity index (χ2v) is 5.46. The zero-order chi connectivity index (χ0) is 18.3. The largest absolute Gasteiger partial charge is 0.573 e. The summed E-state index contributed by atoms with van der Waals surface area (Å²) in [5, 5.41) is 11.6. The van der Waals surface area contributed by atoms with Gasteiger partial charge in [0, 0.05) is 6.42 Å². The SMILES string of the molecule is CC[C@H](C)[C@H](NC(=O)CCc1ccc(OC(F)(F)F)cc1)C(=O)O. The lowest BCUT2D eigenvalue weighted by Crippen LogP contribution is -2.45. The lowest BCUT2D eigenvalue weighted by Gasteiger charge is -2.20. The van der Waals surface area contributed by atoms with Crippen LogP contribution in [0.4, 0.5) is 13.2 Å². The number of aryl methyl sites for hydroxylation is 1. The predicted octanol–water partition coefficient (Wildman–Crippen LogP) is 3.13. The first-order valence-corrected chi connectivity index (χ1v) is 7.49. The zero-order valence-corrected chi connectivity index (χ0v) is 13.4. The fraction of sp³-hybridized carbons (Fsp3) is 0.500. The Balaban J connectivity index is 2.53. The van der Waals surface area contributed by atoms with Crippen molar-refractivity contribution < 1.29 is 32.6 Å². The van der Waals surface area contributed by atoms with Gasteiger partial charge in [0.25, 0.3) is 0 Å². The Morgan fingerprint density at radius 1 is 1.25 bits per heavy atom. The van der Waals surface area contributed by atoms with E-state index >= 15 is 0 Å². The molecule has 0 aliphatic carbocycles. The van der Waals surface area contributed by atoms with Crippen LogP contribution >= 0.6 is 0 Å². The first kappa shape index (κ1) is 19.8. The summed E-state index contributed by atoms with van der Waals surface area (Å²) in [7, 11) is 0. The maximum atomic E-state index is 12.1. The van der Waals surface area contributed by atoms with Gasteiger partial charge < -0.3 is 15.2 Å². The van der Waals surface area contributed by atoms with E-state index in [9.17, 15) is 22.8 Å². The van der Waals surface area contributed by atoms with E-state index in [1.54, 1.807) is 6.92 Å². The van der Waals surface area contributed by atoms with Gasteiger partial charge >= 0.3 is 12.3 Å². The van der Waals surface area contributed by atoms with E-state index in [4.69, 9.17) is 5.11 Å². The Bertz CT molecular complexity index is 557. The van der Waals surface area contributed by atoms with Crippen molar-refractivity contribution in [1.29, 1.82) is 0 Å². The molecule has 0 aliphatic heterocycles. The average molecular weight is 347 g/mol. The Kier molecular flexibility index (Phi) is 7.06. The summed E-state index contributed by atoms with van der Waals surface area (Å²) in [6.07, 6.45) is -3.81. The van der Waals surface area contributed by atoms with Crippen LogP contribution in [0.5, 0.6) is 5.75 Å². The molecule has 0 unspecified atom stereocenters. The third kappa shape index (κ3) is 6.89. The Hall–Kier alpha value is -2.25. The van der Waals surface area contributed by atoms with Crippen molar-refractivity contribution in [2.45, 2.75) is 45.5 Å². The minimum atomic E-state index is -4.75. The number of aliphatic carboxylic acids is 1. The van der Waals surface area contributed by atoms with Gasteiger partial charge in [0.15, 0.2) is 0 Å². The van der Waals surface area contributed by atoms with E-state index in [0.717, 1.165) is 0 Å². The summed E-state index contributed by atoms with van der Waals surface area (Å²) in [5.41, 5.74) is 0.648. The number of ether oxygens (including phenoxy) is 1. The Labute approximate surface area is 137 Å². The molecule has 1 aromatic carbocycles. The summed E-state index contributed by atoms with van der Waals surface area (Å²) in [4.78, 5) is 23.0. The predicted molar refractivity (Wildman–Crippen MR) is 80.5 cm³/mol. The molecule has 2 N–H and O–H groups in total. The smallest absolute Gasteiger partial charge is 0.480 e. The van der Waals surface area contributed by atoms with Crippen LogP contribution in [0.2, 0.25) is 0 Å². The molecule has 1 rings (SSSR count). The Morgan fingerprint density at radius 3 is 2.29 bits per heavy atom. The van der Waals surface area contributed by atoms with Crippen LogP contribution < -0.4 is 10.1 Å². The standard InChI is InChI=1S/C16H20F3NO4/c1-3-10(2)14(15(22)23)20-13(21)9-6-11-4-7-12(8-5-11)24-16(17,18)19/h4-5,7-8,10,14H,3,6,9H2,1-2H3,(H,20,21)(H,22,23)/t10-,14-/m0/s1. The molecule has 0 aromatic heterocycles. The van der Waals surface area contributed by atoms with Crippen LogP contribution in [-0.4, -0.2) is 29.4 Å². The topological polar surface area (TPSA) is 75.6 Å². The number of amides is 1. The van der Waals surface area contributed by atoms with Crippen molar-refractivity contribution >= 4 is 11.9 Å². The molecule has 0 heterocycles. The van der Waals surface area contributed by atoms with Gasteiger partial charge in [-0.05, 0) is 30.0 Å². The van der Waals surface area contributed by atoms with Gasteiger partial charge in [0.05, 0.1) is 0 Å². The van der Waals surface area contributed by atoms with Crippen LogP contribution in [0.25, 0.3) is 0 Å². The average Bonchev–Trinajstić information content (AvgIpc) is 2.49. The van der Waals surface area contributed by atoms with Crippen LogP contribution in [0.3, 0.4) is 0 Å². The fourth-order valence-electron chi connectivity index (χ4n) is 2.04. The van der Waals surface area contributed by atoms with Crippen LogP contribution in [0.15, 0.2) is 24.3 Å². The van der Waals surface area contributed by atoms with Gasteiger partial charge in [-0.1, -0.05) is 32.4 Å². The van der Waals surface area contributed by atoms with Gasteiger partial charge in [-0.3, -0.25) is 4.79 Å². The molecule has 0 spiro atoms. The highest BCUT2D eigenvalue weighted by Gasteiger charge is 2.31. The molecule has 2 atom stereocenters. The maximum absolute atomic E-state index is 12.1. The van der Waals surface area contributed by atoms with Crippen LogP contribution in [-0.2, 0) is 16.0 Å². The minimum Gasteiger partial charge on any atom is -0.480 e. The molecule has 134 valence electrons. The molecular formula is C16H20F3NO4. The number of benzene rings is 1. The van der Waals surface area contributed by atoms with Crippen molar-refractivity contribution in [2.24, 2.45) is 5.92 Å². The number of halogens is 3. The number of carbonyl (C=O) groups excluding carboxylic acids is 1. The molecule has 0 aliphatic rings. The van der Waals surface area contributed by atoms with E-state index < -0.39 is 24.3 Å². The molecule has 8 heteroatoms. The molecule has 0 bridgehead atoms. The summed E-state index contributed by atoms with van der Waals surface area (Å²) in [5.74, 6) is -2.05. The quantitative estimate of drug-likeness (QED) is 0.758. The number of nitrogens with one attached hydrogen (secondary N) is 1. The number of carbonyl (C=O) groups is 2. The minimum absolute atomic E-state index is 0.0414. The molecule has 5 nitrogen and oxygen atoms in total. The molecule has 1 aromatic rings. The van der Waals surface area contributed by atoms with Gasteiger partial charge in [-0.2, -0.15) is 0 Å². The van der Waals surface area contributed by atoms with Gasteiger partial charge in [0.2, 0.25) is 5.91 Å². The highest BCUT2D eigenvalue weighted by Crippen LogP contribution is 2.23. The maximum Gasteiger partial charge on any atom is 0.573 e. The van der Waals surface area contributed by atoms with Crippen molar-refractivity contribution in [3.05, 3.63) is 29.8 Å². The van der Waals surface area contributed by atoms with E-state index in [2.05, 4.69) is 10.1 Å². The van der Waals surface area contributed by atoms with Crippen LogP contribution in [0, 0.1) is 5.92 Å². The highest BCUT2D eigenvalue weighted by molar-refractivity contribution is 5.83. The third-order valence-corrected chi connectivity index (χ3v) is 3.59. The first-order valence-electron chi connectivity index (χ1n) is 7.49. The zero-order valence-electron chi connectivity index (χ0n) is 13.4. The van der Waals surface area contributed by atoms with Gasteiger partial charge in [0.1, 0.15) is 11.8 Å². The van der Waals surface area contributed by atoms with E-state index in [0.29, 0.717) is 12.0 Å². The fourth-order valence-corrected chi connectivity index (χ4v) is 2.04. The number of hydrogen-bond acceptors (Lipinski definition) is 3. The van der Waals surface area contributed by atoms with Crippen molar-refractivity contribution in [2.75, 3.05) is 0 Å². The second kappa shape index (κ2) is 8.56. The molecule has 0 radical (unpaired) electrons. The van der Waals surface area contributed by atoms with E-state index in [1.165, 1.54) is 24.3 Å². The summed E-state index contributed by atoms with van der Waals surface area (Å²) in [6, 6.07) is 4.24. The summed E-state index contributed by atoms with van der Waals surface area (Å²) in [6.45, 7) is 3.57. The second-order valence-electron chi connectivity index (χ2n) is 5.46. The number of hydrogen-bond donors (Lipinski definition) is 2. The Morgan fingerprint density at radius 2 is 1.83 bits per heavy atom. The van der Waals surface area contributed by atoms with Crippen molar-refractivity contribution in [1.82, 2.24) is 5.32 Å². The van der Waals surface area contributed by atoms with Crippen LogP contribution in [0.1, 0.15) is 32.3 Å². The van der Waals surface area contributed by atoms with Crippen molar-refractivity contribution in [3.63, 3.8) is 0 Å². The number of carboxylic acids is 1. The molecular weight excluding hydrogens is 327 g/mol. The molecule has 24 heavy (non-hydrogen) atoms. The lowest BCUT2D eigenvalue weighted by atomic mass is 9.99. The van der Waals surface area contributed by atoms with Crippen molar-refractivity contribution in [3.8, 4) is 5.75 Å². The molecule has 0 saturated carbocycles.